The number of anilines is 1. The Hall–Kier alpha value is -2.28. The van der Waals surface area contributed by atoms with Crippen LogP contribution in [0.1, 0.15) is 17.7 Å². The van der Waals surface area contributed by atoms with Crippen molar-refractivity contribution in [3.63, 3.8) is 0 Å². The smallest absolute Gasteiger partial charge is 0.267 e. The number of fused-ring (bicyclic) bond motifs is 1. The Bertz CT molecular complexity index is 751. The molecule has 0 bridgehead atoms. The van der Waals surface area contributed by atoms with Gasteiger partial charge in [0.2, 0.25) is 5.95 Å². The van der Waals surface area contributed by atoms with Gasteiger partial charge in [-0.15, -0.1) is 0 Å². The first-order valence-corrected chi connectivity index (χ1v) is 8.64. The minimum absolute atomic E-state index is 0.0342. The van der Waals surface area contributed by atoms with Crippen molar-refractivity contribution in [1.82, 2.24) is 24.6 Å². The van der Waals surface area contributed by atoms with E-state index < -0.39 is 0 Å². The summed E-state index contributed by atoms with van der Waals surface area (Å²) in [5, 5.41) is 4.55. The molecule has 0 aromatic carbocycles. The van der Waals surface area contributed by atoms with Gasteiger partial charge in [-0.2, -0.15) is 5.10 Å². The van der Waals surface area contributed by atoms with E-state index in [0.29, 0.717) is 6.54 Å². The minimum Gasteiger partial charge on any atom is -0.338 e. The Kier molecular flexibility index (Phi) is 4.25. The third kappa shape index (κ3) is 3.17. The molecule has 1 aliphatic heterocycles. The van der Waals surface area contributed by atoms with Crippen molar-refractivity contribution in [1.29, 1.82) is 0 Å². The third-order valence-electron chi connectivity index (χ3n) is 4.86. The van der Waals surface area contributed by atoms with Crippen molar-refractivity contribution in [3.05, 3.63) is 46.1 Å². The lowest BCUT2D eigenvalue weighted by atomic mass is 10.2. The molecule has 24 heavy (non-hydrogen) atoms. The van der Waals surface area contributed by atoms with Gasteiger partial charge >= 0.3 is 0 Å². The molecule has 0 atom stereocenters. The number of nitrogens with zero attached hydrogens (tertiary/aromatic N) is 6. The molecule has 2 aromatic heterocycles. The molecule has 1 fully saturated rings. The Morgan fingerprint density at radius 3 is 2.58 bits per heavy atom. The quantitative estimate of drug-likeness (QED) is 0.807. The fraction of sp³-hybridized carbons (Fsp3) is 0.529. The van der Waals surface area contributed by atoms with Crippen LogP contribution in [0.25, 0.3) is 0 Å². The summed E-state index contributed by atoms with van der Waals surface area (Å²) in [5.74, 6) is 0.800. The third-order valence-corrected chi connectivity index (χ3v) is 4.86. The zero-order chi connectivity index (χ0) is 16.4. The van der Waals surface area contributed by atoms with Crippen molar-refractivity contribution < 1.29 is 0 Å². The van der Waals surface area contributed by atoms with E-state index in [1.54, 1.807) is 23.1 Å². The van der Waals surface area contributed by atoms with Crippen molar-refractivity contribution >= 4 is 5.95 Å². The summed E-state index contributed by atoms with van der Waals surface area (Å²) >= 11 is 0. The van der Waals surface area contributed by atoms with E-state index in [1.807, 2.05) is 6.07 Å². The average molecular weight is 326 g/mol. The van der Waals surface area contributed by atoms with Crippen LogP contribution in [-0.2, 0) is 19.4 Å². The van der Waals surface area contributed by atoms with E-state index in [-0.39, 0.29) is 5.56 Å². The molecular formula is C17H22N6O. The number of hydrogen-bond acceptors (Lipinski definition) is 6. The molecule has 0 saturated carbocycles. The highest BCUT2D eigenvalue weighted by Crippen LogP contribution is 2.17. The molecule has 1 aliphatic carbocycles. The van der Waals surface area contributed by atoms with E-state index in [9.17, 15) is 4.79 Å². The Labute approximate surface area is 140 Å². The summed E-state index contributed by atoms with van der Waals surface area (Å²) in [5.41, 5.74) is 2.29. The van der Waals surface area contributed by atoms with Crippen LogP contribution in [0.2, 0.25) is 0 Å². The molecule has 1 saturated heterocycles. The molecule has 7 heteroatoms. The molecule has 2 aliphatic rings. The van der Waals surface area contributed by atoms with E-state index in [0.717, 1.165) is 69.2 Å². The molecule has 0 radical (unpaired) electrons. The highest BCUT2D eigenvalue weighted by atomic mass is 16.1. The largest absolute Gasteiger partial charge is 0.338 e. The van der Waals surface area contributed by atoms with Crippen molar-refractivity contribution in [2.75, 3.05) is 37.6 Å². The SMILES string of the molecule is O=c1cc2c(nn1CCN1CCN(c3ncccn3)CC1)CCC2. The zero-order valence-electron chi connectivity index (χ0n) is 13.8. The van der Waals surface area contributed by atoms with Gasteiger partial charge in [-0.3, -0.25) is 9.69 Å². The lowest BCUT2D eigenvalue weighted by molar-refractivity contribution is 0.241. The predicted octanol–water partition coefficient (Wildman–Crippen LogP) is 0.344. The Balaban J connectivity index is 1.33. The van der Waals surface area contributed by atoms with Crippen molar-refractivity contribution in [2.24, 2.45) is 0 Å². The van der Waals surface area contributed by atoms with Crippen LogP contribution in [0.5, 0.6) is 0 Å². The van der Waals surface area contributed by atoms with Crippen LogP contribution in [0.4, 0.5) is 5.95 Å². The number of hydrogen-bond donors (Lipinski definition) is 0. The van der Waals surface area contributed by atoms with Crippen LogP contribution in [0.3, 0.4) is 0 Å². The van der Waals surface area contributed by atoms with Crippen LogP contribution in [-0.4, -0.2) is 57.4 Å². The Morgan fingerprint density at radius 1 is 1.00 bits per heavy atom. The van der Waals surface area contributed by atoms with E-state index in [4.69, 9.17) is 0 Å². The van der Waals surface area contributed by atoms with Gasteiger partial charge in [0.25, 0.3) is 5.56 Å². The highest BCUT2D eigenvalue weighted by Gasteiger charge is 2.19. The maximum absolute atomic E-state index is 12.1. The lowest BCUT2D eigenvalue weighted by Crippen LogP contribution is -2.48. The van der Waals surface area contributed by atoms with Crippen molar-refractivity contribution in [2.45, 2.75) is 25.8 Å². The van der Waals surface area contributed by atoms with Crippen LogP contribution in [0, 0.1) is 0 Å². The molecule has 0 spiro atoms. The monoisotopic (exact) mass is 326 g/mol. The summed E-state index contributed by atoms with van der Waals surface area (Å²) in [4.78, 5) is 25.3. The summed E-state index contributed by atoms with van der Waals surface area (Å²) in [7, 11) is 0. The van der Waals surface area contributed by atoms with Crippen LogP contribution >= 0.6 is 0 Å². The molecular weight excluding hydrogens is 304 g/mol. The second-order valence-electron chi connectivity index (χ2n) is 6.41. The number of aryl methyl sites for hydroxylation is 2. The molecule has 0 unspecified atom stereocenters. The topological polar surface area (TPSA) is 67.2 Å². The summed E-state index contributed by atoms with van der Waals surface area (Å²) in [6, 6.07) is 3.61. The van der Waals surface area contributed by atoms with E-state index in [2.05, 4.69) is 24.9 Å². The molecule has 3 heterocycles. The minimum atomic E-state index is 0.0342. The Morgan fingerprint density at radius 2 is 1.79 bits per heavy atom. The zero-order valence-corrected chi connectivity index (χ0v) is 13.8. The van der Waals surface area contributed by atoms with Gasteiger partial charge in [0, 0.05) is 51.2 Å². The first-order chi connectivity index (χ1) is 11.8. The second kappa shape index (κ2) is 6.68. The molecule has 4 rings (SSSR count). The van der Waals surface area contributed by atoms with E-state index in [1.165, 1.54) is 0 Å². The number of rotatable bonds is 4. The number of piperazine rings is 1. The maximum atomic E-state index is 12.1. The lowest BCUT2D eigenvalue weighted by Gasteiger charge is -2.34. The normalized spacial score (nSPS) is 17.9. The predicted molar refractivity (Wildman–Crippen MR) is 91.2 cm³/mol. The van der Waals surface area contributed by atoms with Gasteiger partial charge in [0.15, 0.2) is 0 Å². The highest BCUT2D eigenvalue weighted by molar-refractivity contribution is 5.29. The maximum Gasteiger partial charge on any atom is 0.267 e. The molecule has 2 aromatic rings. The van der Waals surface area contributed by atoms with Gasteiger partial charge < -0.3 is 4.90 Å². The molecule has 0 N–H and O–H groups in total. The van der Waals surface area contributed by atoms with Gasteiger partial charge in [0.1, 0.15) is 0 Å². The number of aromatic nitrogens is 4. The molecule has 0 amide bonds. The first-order valence-electron chi connectivity index (χ1n) is 8.64. The first kappa shape index (κ1) is 15.3. The van der Waals surface area contributed by atoms with Gasteiger partial charge in [-0.25, -0.2) is 14.6 Å². The van der Waals surface area contributed by atoms with Gasteiger partial charge in [0.05, 0.1) is 12.2 Å². The fourth-order valence-corrected chi connectivity index (χ4v) is 3.46. The second-order valence-corrected chi connectivity index (χ2v) is 6.41. The van der Waals surface area contributed by atoms with Crippen LogP contribution in [0.15, 0.2) is 29.3 Å². The van der Waals surface area contributed by atoms with Crippen molar-refractivity contribution in [3.8, 4) is 0 Å². The molecule has 126 valence electrons. The van der Waals surface area contributed by atoms with Crippen LogP contribution < -0.4 is 10.5 Å². The van der Waals surface area contributed by atoms with Gasteiger partial charge in [-0.1, -0.05) is 0 Å². The summed E-state index contributed by atoms with van der Waals surface area (Å²) in [6.07, 6.45) is 6.68. The van der Waals surface area contributed by atoms with Gasteiger partial charge in [-0.05, 0) is 30.9 Å². The summed E-state index contributed by atoms with van der Waals surface area (Å²) < 4.78 is 1.64. The fourth-order valence-electron chi connectivity index (χ4n) is 3.46. The summed E-state index contributed by atoms with van der Waals surface area (Å²) in [6.45, 7) is 5.26. The standard InChI is InChI=1S/C17H22N6O/c24-16-13-14-3-1-4-15(14)20-23(16)12-9-21-7-10-22(11-8-21)17-18-5-2-6-19-17/h2,5-6,13H,1,3-4,7-12H2. The average Bonchev–Trinajstić information content (AvgIpc) is 3.08. The van der Waals surface area contributed by atoms with E-state index >= 15 is 0 Å². The molecule has 7 nitrogen and oxygen atoms in total.